The van der Waals surface area contributed by atoms with Crippen LogP contribution >= 0.6 is 23.2 Å². The molecule has 0 aromatic heterocycles. The minimum Gasteiger partial charge on any atom is -0.377 e. The average Bonchev–Trinajstić information content (AvgIpc) is 3.10. The highest BCUT2D eigenvalue weighted by atomic mass is 35.5. The van der Waals surface area contributed by atoms with Crippen LogP contribution in [-0.2, 0) is 0 Å². The van der Waals surface area contributed by atoms with Gasteiger partial charge in [0.05, 0.1) is 22.2 Å². The van der Waals surface area contributed by atoms with Crippen LogP contribution in [0.5, 0.6) is 0 Å². The van der Waals surface area contributed by atoms with Gasteiger partial charge in [0.2, 0.25) is 0 Å². The second-order valence-electron chi connectivity index (χ2n) is 6.47. The molecule has 3 atom stereocenters. The van der Waals surface area contributed by atoms with Crippen LogP contribution in [0.15, 0.2) is 42.5 Å². The van der Waals surface area contributed by atoms with Crippen molar-refractivity contribution in [3.8, 4) is 6.07 Å². The molecule has 1 heterocycles. The number of non-ortho nitro benzene ring substituents is 1. The summed E-state index contributed by atoms with van der Waals surface area (Å²) in [6.07, 6.45) is 4.96. The molecule has 0 fully saturated rings. The zero-order chi connectivity index (χ0) is 18.4. The van der Waals surface area contributed by atoms with Gasteiger partial charge in [-0.15, -0.1) is 0 Å². The molecule has 0 bridgehead atoms. The number of fused-ring (bicyclic) bond motifs is 3. The van der Waals surface area contributed by atoms with E-state index < -0.39 is 4.92 Å². The Balaban J connectivity index is 1.88. The predicted octanol–water partition coefficient (Wildman–Crippen LogP) is 5.60. The molecule has 0 radical (unpaired) electrons. The predicted molar refractivity (Wildman–Crippen MR) is 101 cm³/mol. The quantitative estimate of drug-likeness (QED) is 0.414. The average molecular weight is 386 g/mol. The number of allylic oxidation sites excluding steroid dienone is 2. The zero-order valence-electron chi connectivity index (χ0n) is 13.4. The summed E-state index contributed by atoms with van der Waals surface area (Å²) in [5.74, 6) is 0.157. The number of nitrogens with zero attached hydrogens (tertiary/aromatic N) is 2. The van der Waals surface area contributed by atoms with Crippen molar-refractivity contribution in [1.29, 1.82) is 5.26 Å². The van der Waals surface area contributed by atoms with E-state index in [-0.39, 0.29) is 29.1 Å². The molecule has 0 unspecified atom stereocenters. The molecule has 130 valence electrons. The van der Waals surface area contributed by atoms with Gasteiger partial charge in [0.1, 0.15) is 6.07 Å². The van der Waals surface area contributed by atoms with Crippen LogP contribution < -0.4 is 5.32 Å². The van der Waals surface area contributed by atoms with Crippen LogP contribution in [-0.4, -0.2) is 4.92 Å². The largest absolute Gasteiger partial charge is 0.377 e. The fourth-order valence-corrected chi connectivity index (χ4v) is 4.47. The highest BCUT2D eigenvalue weighted by Crippen LogP contribution is 2.52. The van der Waals surface area contributed by atoms with Crippen molar-refractivity contribution >= 4 is 34.6 Å². The second kappa shape index (κ2) is 6.31. The summed E-state index contributed by atoms with van der Waals surface area (Å²) in [7, 11) is 0. The van der Waals surface area contributed by atoms with E-state index in [1.54, 1.807) is 18.2 Å². The highest BCUT2D eigenvalue weighted by molar-refractivity contribution is 6.35. The van der Waals surface area contributed by atoms with E-state index in [2.05, 4.69) is 23.5 Å². The summed E-state index contributed by atoms with van der Waals surface area (Å²) in [4.78, 5) is 10.8. The Bertz CT molecular complexity index is 997. The van der Waals surface area contributed by atoms with Crippen LogP contribution in [0.25, 0.3) is 0 Å². The summed E-state index contributed by atoms with van der Waals surface area (Å²) in [6, 6.07) is 10.2. The summed E-state index contributed by atoms with van der Waals surface area (Å²) in [5.41, 5.74) is 2.53. The molecule has 1 N–H and O–H groups in total. The van der Waals surface area contributed by atoms with Crippen LogP contribution in [0.3, 0.4) is 0 Å². The summed E-state index contributed by atoms with van der Waals surface area (Å²) >= 11 is 12.4. The lowest BCUT2D eigenvalue weighted by atomic mass is 9.76. The molecular weight excluding hydrogens is 373 g/mol. The number of halogens is 2. The number of nitriles is 1. The van der Waals surface area contributed by atoms with Crippen LogP contribution in [0, 0.1) is 27.4 Å². The first-order chi connectivity index (χ1) is 12.5. The molecule has 0 amide bonds. The van der Waals surface area contributed by atoms with E-state index in [0.29, 0.717) is 15.7 Å². The smallest absolute Gasteiger partial charge is 0.271 e. The minimum atomic E-state index is -0.461. The third-order valence-corrected chi connectivity index (χ3v) is 5.64. The molecule has 0 saturated carbocycles. The first kappa shape index (κ1) is 16.9. The number of nitro groups is 1. The molecular formula is C19H13Cl2N3O2. The van der Waals surface area contributed by atoms with Crippen molar-refractivity contribution in [2.45, 2.75) is 18.4 Å². The van der Waals surface area contributed by atoms with Crippen molar-refractivity contribution in [3.05, 3.63) is 79.3 Å². The van der Waals surface area contributed by atoms with E-state index in [4.69, 9.17) is 23.2 Å². The van der Waals surface area contributed by atoms with Gasteiger partial charge >= 0.3 is 0 Å². The molecule has 4 rings (SSSR count). The molecule has 2 aliphatic rings. The lowest BCUT2D eigenvalue weighted by molar-refractivity contribution is -0.384. The van der Waals surface area contributed by atoms with Crippen LogP contribution in [0.4, 0.5) is 11.4 Å². The van der Waals surface area contributed by atoms with Gasteiger partial charge < -0.3 is 5.32 Å². The fraction of sp³-hybridized carbons (Fsp3) is 0.211. The van der Waals surface area contributed by atoms with E-state index in [0.717, 1.165) is 17.5 Å². The standard InChI is InChI=1S/C19H13Cl2N3O2/c20-11-4-5-15(17(21)7-11)19-14-3-1-2-13(14)16-8-12(24(25)26)6-10(9-22)18(16)23-19/h1-2,4-8,13-14,19,23H,3H2/t13-,14+,19-/m1/s1. The SMILES string of the molecule is N#Cc1cc([N+](=O)[O-])cc2c1N[C@@H](c1ccc(Cl)cc1Cl)[C@H]1CC=C[C@@H]21. The molecule has 1 aliphatic heterocycles. The Morgan fingerprint density at radius 1 is 1.23 bits per heavy atom. The molecule has 7 heteroatoms. The van der Waals surface area contributed by atoms with Crippen molar-refractivity contribution in [1.82, 2.24) is 0 Å². The molecule has 26 heavy (non-hydrogen) atoms. The molecule has 2 aromatic rings. The maximum atomic E-state index is 11.2. The maximum absolute atomic E-state index is 11.2. The Morgan fingerprint density at radius 2 is 2.04 bits per heavy atom. The third-order valence-electron chi connectivity index (χ3n) is 5.08. The van der Waals surface area contributed by atoms with Crippen molar-refractivity contribution in [2.24, 2.45) is 5.92 Å². The summed E-state index contributed by atoms with van der Waals surface area (Å²) in [6.45, 7) is 0. The normalized spacial score (nSPS) is 22.9. The monoisotopic (exact) mass is 385 g/mol. The van der Waals surface area contributed by atoms with Gasteiger partial charge in [0.15, 0.2) is 0 Å². The molecule has 1 aliphatic carbocycles. The van der Waals surface area contributed by atoms with Gasteiger partial charge in [-0.25, -0.2) is 0 Å². The summed E-state index contributed by atoms with van der Waals surface area (Å²) in [5, 5.41) is 25.3. The summed E-state index contributed by atoms with van der Waals surface area (Å²) < 4.78 is 0. The second-order valence-corrected chi connectivity index (χ2v) is 7.31. The fourth-order valence-electron chi connectivity index (χ4n) is 3.94. The number of nitrogens with one attached hydrogen (secondary N) is 1. The highest BCUT2D eigenvalue weighted by Gasteiger charge is 2.40. The molecule has 5 nitrogen and oxygen atoms in total. The zero-order valence-corrected chi connectivity index (χ0v) is 15.0. The molecule has 2 aromatic carbocycles. The van der Waals surface area contributed by atoms with E-state index in [9.17, 15) is 15.4 Å². The first-order valence-corrected chi connectivity index (χ1v) is 8.85. The van der Waals surface area contributed by atoms with E-state index in [1.807, 2.05) is 6.07 Å². The van der Waals surface area contributed by atoms with Gasteiger partial charge in [-0.05, 0) is 35.6 Å². The first-order valence-electron chi connectivity index (χ1n) is 8.10. The topological polar surface area (TPSA) is 79.0 Å². The Kier molecular flexibility index (Phi) is 4.10. The van der Waals surface area contributed by atoms with Gasteiger partial charge in [0.25, 0.3) is 5.69 Å². The van der Waals surface area contributed by atoms with Crippen molar-refractivity contribution < 1.29 is 4.92 Å². The van der Waals surface area contributed by atoms with Crippen molar-refractivity contribution in [3.63, 3.8) is 0 Å². The molecule has 0 spiro atoms. The number of nitro benzene ring substituents is 1. The number of hydrogen-bond donors (Lipinski definition) is 1. The lowest BCUT2D eigenvalue weighted by Crippen LogP contribution is -2.30. The Hall–Kier alpha value is -2.55. The maximum Gasteiger partial charge on any atom is 0.271 e. The van der Waals surface area contributed by atoms with Gasteiger partial charge in [-0.1, -0.05) is 41.4 Å². The lowest BCUT2D eigenvalue weighted by Gasteiger charge is -2.38. The Morgan fingerprint density at radius 3 is 2.73 bits per heavy atom. The van der Waals surface area contributed by atoms with Gasteiger partial charge in [-0.2, -0.15) is 5.26 Å². The van der Waals surface area contributed by atoms with Crippen LogP contribution in [0.1, 0.15) is 35.1 Å². The van der Waals surface area contributed by atoms with E-state index >= 15 is 0 Å². The van der Waals surface area contributed by atoms with Crippen molar-refractivity contribution in [2.75, 3.05) is 5.32 Å². The van der Waals surface area contributed by atoms with Gasteiger partial charge in [0, 0.05) is 28.1 Å². The number of anilines is 1. The Labute approximate surface area is 160 Å². The van der Waals surface area contributed by atoms with Crippen LogP contribution in [0.2, 0.25) is 10.0 Å². The molecule has 0 saturated heterocycles. The third kappa shape index (κ3) is 2.63. The minimum absolute atomic E-state index is 0.00463. The number of hydrogen-bond acceptors (Lipinski definition) is 4. The van der Waals surface area contributed by atoms with Gasteiger partial charge in [-0.3, -0.25) is 10.1 Å². The van der Waals surface area contributed by atoms with E-state index in [1.165, 1.54) is 6.07 Å². The number of benzene rings is 2. The number of rotatable bonds is 2.